The van der Waals surface area contributed by atoms with E-state index < -0.39 is 0 Å². The molecule has 0 aliphatic carbocycles. The maximum Gasteiger partial charge on any atom is 0.229 e. The van der Waals surface area contributed by atoms with E-state index in [-0.39, 0.29) is 12.0 Å². The molecule has 1 unspecified atom stereocenters. The quantitative estimate of drug-likeness (QED) is 0.554. The van der Waals surface area contributed by atoms with Crippen molar-refractivity contribution in [1.29, 1.82) is 0 Å². The van der Waals surface area contributed by atoms with Crippen molar-refractivity contribution in [2.45, 2.75) is 25.8 Å². The van der Waals surface area contributed by atoms with E-state index in [1.54, 1.807) is 11.3 Å². The van der Waals surface area contributed by atoms with Gasteiger partial charge in [0.15, 0.2) is 5.82 Å². The maximum absolute atomic E-state index is 5.89. The Kier molecular flexibility index (Phi) is 6.73. The van der Waals surface area contributed by atoms with Crippen LogP contribution in [-0.4, -0.2) is 81.7 Å². The Labute approximate surface area is 186 Å². The fourth-order valence-corrected chi connectivity index (χ4v) is 4.29. The van der Waals surface area contributed by atoms with Gasteiger partial charge in [0.25, 0.3) is 0 Å². The molecule has 1 aliphatic heterocycles. The third-order valence-corrected chi connectivity index (χ3v) is 6.33. The Morgan fingerprint density at radius 1 is 1.16 bits per heavy atom. The van der Waals surface area contributed by atoms with Crippen LogP contribution in [0.5, 0.6) is 0 Å². The van der Waals surface area contributed by atoms with Crippen molar-refractivity contribution in [1.82, 2.24) is 34.9 Å². The van der Waals surface area contributed by atoms with Crippen molar-refractivity contribution >= 4 is 23.2 Å². The summed E-state index contributed by atoms with van der Waals surface area (Å²) < 4.78 is 5.40. The van der Waals surface area contributed by atoms with Gasteiger partial charge in [0.2, 0.25) is 23.6 Å². The minimum Gasteiger partial charge on any atom is -0.368 e. The number of hydrogen-bond acceptors (Lipinski definition) is 11. The lowest BCUT2D eigenvalue weighted by atomic mass is 10.2. The molecular weight excluding hydrogens is 414 g/mol. The molecule has 1 saturated heterocycles. The van der Waals surface area contributed by atoms with Crippen LogP contribution in [0.1, 0.15) is 31.1 Å². The molecule has 4 heterocycles. The van der Waals surface area contributed by atoms with Gasteiger partial charge in [-0.25, -0.2) is 0 Å². The van der Waals surface area contributed by atoms with E-state index in [9.17, 15) is 0 Å². The maximum atomic E-state index is 5.89. The summed E-state index contributed by atoms with van der Waals surface area (Å²) in [6.45, 7) is 7.10. The largest absolute Gasteiger partial charge is 0.368 e. The van der Waals surface area contributed by atoms with Crippen LogP contribution in [0.3, 0.4) is 0 Å². The second kappa shape index (κ2) is 9.67. The molecule has 166 valence electrons. The lowest BCUT2D eigenvalue weighted by Crippen LogP contribution is -2.47. The molecule has 31 heavy (non-hydrogen) atoms. The Bertz CT molecular complexity index is 967. The zero-order valence-corrected chi connectivity index (χ0v) is 19.0. The van der Waals surface area contributed by atoms with Crippen molar-refractivity contribution in [3.05, 3.63) is 29.2 Å². The molecule has 1 aliphatic rings. The van der Waals surface area contributed by atoms with Crippen LogP contribution in [-0.2, 0) is 6.42 Å². The number of anilines is 2. The summed E-state index contributed by atoms with van der Waals surface area (Å²) in [5, 5.41) is 6.10. The number of aryl methyl sites for hydroxylation is 1. The zero-order chi connectivity index (χ0) is 21.8. The van der Waals surface area contributed by atoms with Crippen LogP contribution in [0, 0.1) is 0 Å². The third-order valence-electron chi connectivity index (χ3n) is 5.46. The second-order valence-electron chi connectivity index (χ2n) is 7.89. The van der Waals surface area contributed by atoms with Crippen LogP contribution >= 0.6 is 11.3 Å². The van der Waals surface area contributed by atoms with E-state index in [0.29, 0.717) is 17.7 Å². The molecular formula is C20H29N9OS. The van der Waals surface area contributed by atoms with Crippen LogP contribution in [0.15, 0.2) is 22.0 Å². The first-order valence-corrected chi connectivity index (χ1v) is 11.4. The predicted molar refractivity (Wildman–Crippen MR) is 121 cm³/mol. The molecule has 4 rings (SSSR count). The highest BCUT2D eigenvalue weighted by Crippen LogP contribution is 2.22. The average Bonchev–Trinajstić information content (AvgIpc) is 3.45. The van der Waals surface area contributed by atoms with Crippen LogP contribution < -0.4 is 10.6 Å². The molecule has 3 aromatic heterocycles. The van der Waals surface area contributed by atoms with E-state index in [1.807, 2.05) is 36.5 Å². The van der Waals surface area contributed by atoms with E-state index in [0.717, 1.165) is 56.3 Å². The van der Waals surface area contributed by atoms with Crippen LogP contribution in [0.2, 0.25) is 0 Å². The fraction of sp³-hybridized carbons (Fsp3) is 0.550. The Morgan fingerprint density at radius 2 is 1.97 bits per heavy atom. The Morgan fingerprint density at radius 3 is 2.68 bits per heavy atom. The number of nitrogens with two attached hydrogens (primary N) is 1. The fourth-order valence-electron chi connectivity index (χ4n) is 3.64. The monoisotopic (exact) mass is 443 g/mol. The molecule has 0 saturated carbocycles. The number of piperazine rings is 1. The molecule has 3 aromatic rings. The van der Waals surface area contributed by atoms with Crippen molar-refractivity contribution in [3.8, 4) is 10.7 Å². The molecule has 11 heteroatoms. The molecule has 2 N–H and O–H groups in total. The van der Waals surface area contributed by atoms with Crippen LogP contribution in [0.25, 0.3) is 10.7 Å². The van der Waals surface area contributed by atoms with Gasteiger partial charge in [-0.15, -0.1) is 11.3 Å². The highest BCUT2D eigenvalue weighted by molar-refractivity contribution is 7.13. The smallest absolute Gasteiger partial charge is 0.229 e. The van der Waals surface area contributed by atoms with Crippen molar-refractivity contribution in [3.63, 3.8) is 0 Å². The van der Waals surface area contributed by atoms with Gasteiger partial charge in [0.05, 0.1) is 10.9 Å². The van der Waals surface area contributed by atoms with Gasteiger partial charge >= 0.3 is 0 Å². The number of rotatable bonds is 8. The zero-order valence-electron chi connectivity index (χ0n) is 18.2. The standard InChI is InChI=1S/C20H29N9OS/c1-14(17-23-19(21)25-20(24-17)27(2)3)29-11-9-28(10-12-29)8-4-7-16-22-18(26-30-16)15-6-5-13-31-15/h5-6,13-14H,4,7-12H2,1-3H3,(H2,21,23,24,25). The minimum absolute atomic E-state index is 0.0974. The van der Waals surface area contributed by atoms with E-state index in [2.05, 4.69) is 41.8 Å². The van der Waals surface area contributed by atoms with Gasteiger partial charge in [0, 0.05) is 46.7 Å². The third kappa shape index (κ3) is 5.35. The van der Waals surface area contributed by atoms with E-state index in [1.165, 1.54) is 0 Å². The average molecular weight is 444 g/mol. The van der Waals surface area contributed by atoms with Crippen molar-refractivity contribution < 1.29 is 4.52 Å². The number of hydrogen-bond donors (Lipinski definition) is 1. The number of nitrogens with zero attached hydrogens (tertiary/aromatic N) is 8. The molecule has 0 bridgehead atoms. The lowest BCUT2D eigenvalue weighted by Gasteiger charge is -2.37. The summed E-state index contributed by atoms with van der Waals surface area (Å²) in [5.41, 5.74) is 5.89. The van der Waals surface area contributed by atoms with Gasteiger partial charge in [-0.2, -0.15) is 19.9 Å². The Balaban J connectivity index is 1.24. The highest BCUT2D eigenvalue weighted by atomic mass is 32.1. The van der Waals surface area contributed by atoms with E-state index in [4.69, 9.17) is 10.3 Å². The summed E-state index contributed by atoms with van der Waals surface area (Å²) in [4.78, 5) is 25.4. The SMILES string of the molecule is CC(c1nc(N)nc(N(C)C)n1)N1CCN(CCCc2nc(-c3cccs3)no2)CC1. The van der Waals surface area contributed by atoms with Gasteiger partial charge in [-0.3, -0.25) is 4.90 Å². The summed E-state index contributed by atoms with van der Waals surface area (Å²) in [5.74, 6) is 2.98. The molecule has 0 aromatic carbocycles. The normalized spacial score (nSPS) is 16.5. The van der Waals surface area contributed by atoms with Gasteiger partial charge in [-0.05, 0) is 31.3 Å². The van der Waals surface area contributed by atoms with Gasteiger partial charge in [-0.1, -0.05) is 11.2 Å². The molecule has 0 radical (unpaired) electrons. The lowest BCUT2D eigenvalue weighted by molar-refractivity contribution is 0.0980. The number of aromatic nitrogens is 5. The predicted octanol–water partition coefficient (Wildman–Crippen LogP) is 1.94. The van der Waals surface area contributed by atoms with Crippen molar-refractivity contribution in [2.75, 3.05) is 57.5 Å². The molecule has 10 nitrogen and oxygen atoms in total. The number of nitrogen functional groups attached to an aromatic ring is 1. The van der Waals surface area contributed by atoms with Gasteiger partial charge < -0.3 is 20.1 Å². The van der Waals surface area contributed by atoms with E-state index >= 15 is 0 Å². The summed E-state index contributed by atoms with van der Waals surface area (Å²) in [6, 6.07) is 4.10. The number of thiophene rings is 1. The summed E-state index contributed by atoms with van der Waals surface area (Å²) >= 11 is 1.62. The highest BCUT2D eigenvalue weighted by Gasteiger charge is 2.24. The summed E-state index contributed by atoms with van der Waals surface area (Å²) in [7, 11) is 3.80. The molecule has 0 amide bonds. The molecule has 0 spiro atoms. The molecule has 1 fully saturated rings. The Hall–Kier alpha value is -2.63. The van der Waals surface area contributed by atoms with Gasteiger partial charge in [0.1, 0.15) is 0 Å². The second-order valence-corrected chi connectivity index (χ2v) is 8.84. The van der Waals surface area contributed by atoms with Crippen LogP contribution in [0.4, 0.5) is 11.9 Å². The first-order valence-electron chi connectivity index (χ1n) is 10.5. The van der Waals surface area contributed by atoms with Crippen molar-refractivity contribution in [2.24, 2.45) is 0 Å². The summed E-state index contributed by atoms with van der Waals surface area (Å²) in [6.07, 6.45) is 1.80. The first kappa shape index (κ1) is 21.6. The first-order chi connectivity index (χ1) is 15.0. The molecule has 1 atom stereocenters. The topological polar surface area (TPSA) is 113 Å². The minimum atomic E-state index is 0.0974.